The van der Waals surface area contributed by atoms with Gasteiger partial charge in [-0.2, -0.15) is 5.10 Å². The van der Waals surface area contributed by atoms with Gasteiger partial charge in [-0.05, 0) is 31.7 Å². The smallest absolute Gasteiger partial charge is 0.272 e. The van der Waals surface area contributed by atoms with Crippen LogP contribution in [-0.4, -0.2) is 52.6 Å². The van der Waals surface area contributed by atoms with Crippen LogP contribution in [0.4, 0.5) is 0 Å². The van der Waals surface area contributed by atoms with E-state index in [1.54, 1.807) is 0 Å². The highest BCUT2D eigenvalue weighted by atomic mass is 35.5. The number of hydrogen-bond acceptors (Lipinski definition) is 4. The number of rotatable bonds is 5. The van der Waals surface area contributed by atoms with Crippen LogP contribution in [0.2, 0.25) is 0 Å². The SMILES string of the molecule is CC(N)C1CCCN(C(=O)CCNC(=O)c2n[nH]c3ccccc23)C1.Cl. The first-order valence-corrected chi connectivity index (χ1v) is 8.81. The van der Waals surface area contributed by atoms with Crippen LogP contribution in [0.3, 0.4) is 0 Å². The van der Waals surface area contributed by atoms with Crippen LogP contribution in [-0.2, 0) is 4.79 Å². The van der Waals surface area contributed by atoms with Gasteiger partial charge in [-0.25, -0.2) is 0 Å². The topological polar surface area (TPSA) is 104 Å². The molecule has 8 heteroatoms. The van der Waals surface area contributed by atoms with Crippen LogP contribution in [0.5, 0.6) is 0 Å². The summed E-state index contributed by atoms with van der Waals surface area (Å²) in [4.78, 5) is 26.5. The first kappa shape index (κ1) is 20.2. The van der Waals surface area contributed by atoms with Crippen LogP contribution in [0.1, 0.15) is 36.7 Å². The Morgan fingerprint density at radius 2 is 2.19 bits per heavy atom. The molecule has 0 aliphatic carbocycles. The number of aromatic nitrogens is 2. The molecule has 2 unspecified atom stereocenters. The van der Waals surface area contributed by atoms with E-state index < -0.39 is 0 Å². The van der Waals surface area contributed by atoms with Crippen molar-refractivity contribution in [2.24, 2.45) is 11.7 Å². The molecule has 4 N–H and O–H groups in total. The van der Waals surface area contributed by atoms with Gasteiger partial charge in [0.2, 0.25) is 5.91 Å². The number of carbonyl (C=O) groups is 2. The van der Waals surface area contributed by atoms with E-state index in [4.69, 9.17) is 5.73 Å². The molecule has 0 saturated carbocycles. The number of benzene rings is 1. The van der Waals surface area contributed by atoms with Crippen molar-refractivity contribution in [2.75, 3.05) is 19.6 Å². The fourth-order valence-corrected chi connectivity index (χ4v) is 3.33. The average Bonchev–Trinajstić information content (AvgIpc) is 3.05. The summed E-state index contributed by atoms with van der Waals surface area (Å²) in [6.45, 7) is 3.79. The van der Waals surface area contributed by atoms with Crippen molar-refractivity contribution in [1.29, 1.82) is 0 Å². The standard InChI is InChI=1S/C18H25N5O2.ClH/c1-12(19)13-5-4-10-23(11-13)16(24)8-9-20-18(25)17-14-6-2-3-7-15(14)21-22-17;/h2-3,6-7,12-13H,4-5,8-11,19H2,1H3,(H,20,25)(H,21,22);1H. The number of hydrogen-bond donors (Lipinski definition) is 3. The number of piperidine rings is 1. The van der Waals surface area contributed by atoms with Crippen molar-refractivity contribution < 1.29 is 9.59 Å². The van der Waals surface area contributed by atoms with E-state index >= 15 is 0 Å². The normalized spacial score (nSPS) is 18.2. The minimum absolute atomic E-state index is 0. The molecule has 0 bridgehead atoms. The Hall–Kier alpha value is -2.12. The highest BCUT2D eigenvalue weighted by molar-refractivity contribution is 6.04. The summed E-state index contributed by atoms with van der Waals surface area (Å²) >= 11 is 0. The van der Waals surface area contributed by atoms with Gasteiger partial charge in [0.15, 0.2) is 5.69 Å². The second-order valence-corrected chi connectivity index (χ2v) is 6.72. The second-order valence-electron chi connectivity index (χ2n) is 6.72. The molecule has 2 atom stereocenters. The van der Waals surface area contributed by atoms with Gasteiger partial charge in [0, 0.05) is 37.5 Å². The predicted octanol–water partition coefficient (Wildman–Crippen LogP) is 1.69. The summed E-state index contributed by atoms with van der Waals surface area (Å²) in [5.41, 5.74) is 7.14. The molecule has 0 radical (unpaired) electrons. The molecule has 26 heavy (non-hydrogen) atoms. The van der Waals surface area contributed by atoms with Crippen molar-refractivity contribution in [3.8, 4) is 0 Å². The Morgan fingerprint density at radius 1 is 1.42 bits per heavy atom. The first-order chi connectivity index (χ1) is 12.1. The maximum atomic E-state index is 12.4. The Balaban J connectivity index is 0.00000243. The lowest BCUT2D eigenvalue weighted by Gasteiger charge is -2.34. The number of halogens is 1. The van der Waals surface area contributed by atoms with Gasteiger partial charge >= 0.3 is 0 Å². The quantitative estimate of drug-likeness (QED) is 0.735. The predicted molar refractivity (Wildman–Crippen MR) is 103 cm³/mol. The van der Waals surface area contributed by atoms with Gasteiger partial charge in [-0.15, -0.1) is 12.4 Å². The Labute approximate surface area is 159 Å². The number of likely N-dealkylation sites (tertiary alicyclic amines) is 1. The third-order valence-corrected chi connectivity index (χ3v) is 4.86. The number of aromatic amines is 1. The molecule has 142 valence electrons. The first-order valence-electron chi connectivity index (χ1n) is 8.81. The van der Waals surface area contributed by atoms with Crippen molar-refractivity contribution in [1.82, 2.24) is 20.4 Å². The van der Waals surface area contributed by atoms with E-state index in [0.717, 1.165) is 30.3 Å². The summed E-state index contributed by atoms with van der Waals surface area (Å²) in [6, 6.07) is 7.57. The van der Waals surface area contributed by atoms with Crippen LogP contribution in [0.15, 0.2) is 24.3 Å². The van der Waals surface area contributed by atoms with Crippen molar-refractivity contribution in [3.05, 3.63) is 30.0 Å². The second kappa shape index (κ2) is 9.00. The minimum Gasteiger partial charge on any atom is -0.350 e. The number of para-hydroxylation sites is 1. The lowest BCUT2D eigenvalue weighted by atomic mass is 9.92. The van der Waals surface area contributed by atoms with Gasteiger partial charge in [-0.3, -0.25) is 14.7 Å². The zero-order valence-corrected chi connectivity index (χ0v) is 15.7. The van der Waals surface area contributed by atoms with E-state index in [-0.39, 0.29) is 30.3 Å². The maximum absolute atomic E-state index is 12.4. The number of fused-ring (bicyclic) bond motifs is 1. The number of amides is 2. The number of H-pyrrole nitrogens is 1. The van der Waals surface area contributed by atoms with Gasteiger partial charge < -0.3 is 16.0 Å². The molecule has 7 nitrogen and oxygen atoms in total. The zero-order chi connectivity index (χ0) is 17.8. The fourth-order valence-electron chi connectivity index (χ4n) is 3.33. The Bertz CT molecular complexity index is 761. The summed E-state index contributed by atoms with van der Waals surface area (Å²) in [5, 5.41) is 10.5. The average molecular weight is 380 g/mol. The van der Waals surface area contributed by atoms with Crippen molar-refractivity contribution >= 4 is 35.1 Å². The molecule has 3 rings (SSSR count). The third-order valence-electron chi connectivity index (χ3n) is 4.86. The highest BCUT2D eigenvalue weighted by Gasteiger charge is 2.25. The van der Waals surface area contributed by atoms with E-state index in [1.807, 2.05) is 36.1 Å². The largest absolute Gasteiger partial charge is 0.350 e. The van der Waals surface area contributed by atoms with Crippen molar-refractivity contribution in [2.45, 2.75) is 32.2 Å². The maximum Gasteiger partial charge on any atom is 0.272 e. The molecule has 2 heterocycles. The molecule has 1 aromatic heterocycles. The Kier molecular flexibility index (Phi) is 6.99. The number of nitrogens with zero attached hydrogens (tertiary/aromatic N) is 2. The molecule has 1 aliphatic rings. The molecule has 1 saturated heterocycles. The fraction of sp³-hybridized carbons (Fsp3) is 0.500. The molecular formula is C18H26ClN5O2. The number of carbonyl (C=O) groups excluding carboxylic acids is 2. The number of nitrogens with two attached hydrogens (primary N) is 1. The van der Waals surface area contributed by atoms with Crippen LogP contribution < -0.4 is 11.1 Å². The summed E-state index contributed by atoms with van der Waals surface area (Å²) in [6.07, 6.45) is 2.35. The van der Waals surface area contributed by atoms with E-state index in [2.05, 4.69) is 15.5 Å². The molecule has 2 aromatic rings. The molecule has 1 fully saturated rings. The molecule has 2 amide bonds. The van der Waals surface area contributed by atoms with Crippen molar-refractivity contribution in [3.63, 3.8) is 0 Å². The van der Waals surface area contributed by atoms with E-state index in [1.165, 1.54) is 0 Å². The van der Waals surface area contributed by atoms with E-state index in [9.17, 15) is 9.59 Å². The lowest BCUT2D eigenvalue weighted by Crippen LogP contribution is -2.45. The summed E-state index contributed by atoms with van der Waals surface area (Å²) in [5.74, 6) is 0.164. The minimum atomic E-state index is -0.266. The van der Waals surface area contributed by atoms with E-state index in [0.29, 0.717) is 31.1 Å². The molecule has 0 spiro atoms. The monoisotopic (exact) mass is 379 g/mol. The zero-order valence-electron chi connectivity index (χ0n) is 14.9. The van der Waals surface area contributed by atoms with Crippen LogP contribution in [0.25, 0.3) is 10.9 Å². The van der Waals surface area contributed by atoms with Crippen LogP contribution >= 0.6 is 12.4 Å². The van der Waals surface area contributed by atoms with Gasteiger partial charge in [0.05, 0.1) is 5.52 Å². The lowest BCUT2D eigenvalue weighted by molar-refractivity contribution is -0.132. The summed E-state index contributed by atoms with van der Waals surface area (Å²) in [7, 11) is 0. The van der Waals surface area contributed by atoms with Crippen LogP contribution in [0, 0.1) is 5.92 Å². The molecule has 1 aromatic carbocycles. The third kappa shape index (κ3) is 4.53. The summed E-state index contributed by atoms with van der Waals surface area (Å²) < 4.78 is 0. The van der Waals surface area contributed by atoms with Gasteiger partial charge in [-0.1, -0.05) is 18.2 Å². The highest BCUT2D eigenvalue weighted by Crippen LogP contribution is 2.19. The van der Waals surface area contributed by atoms with Gasteiger partial charge in [0.1, 0.15) is 0 Å². The Morgan fingerprint density at radius 3 is 2.96 bits per heavy atom. The molecular weight excluding hydrogens is 354 g/mol. The number of nitrogens with one attached hydrogen (secondary N) is 2. The molecule has 1 aliphatic heterocycles. The van der Waals surface area contributed by atoms with Gasteiger partial charge in [0.25, 0.3) is 5.91 Å².